The highest BCUT2D eigenvalue weighted by Gasteiger charge is 2.34. The first kappa shape index (κ1) is 64.7. The Morgan fingerprint density at radius 3 is 1.62 bits per heavy atom. The highest BCUT2D eigenvalue weighted by atomic mass is 32.2. The van der Waals surface area contributed by atoms with Gasteiger partial charge in [-0.05, 0) is 188 Å². The van der Waals surface area contributed by atoms with Crippen molar-refractivity contribution >= 4 is 59.5 Å². The van der Waals surface area contributed by atoms with Crippen molar-refractivity contribution in [3.05, 3.63) is 133 Å². The lowest BCUT2D eigenvalue weighted by Gasteiger charge is -2.27. The van der Waals surface area contributed by atoms with Crippen LogP contribution in [0.1, 0.15) is 142 Å². The summed E-state index contributed by atoms with van der Waals surface area (Å²) < 4.78 is 85.3. The van der Waals surface area contributed by atoms with E-state index < -0.39 is 78.0 Å². The van der Waals surface area contributed by atoms with Gasteiger partial charge in [0, 0.05) is 35.6 Å². The number of hydrogen-bond donors (Lipinski definition) is 1. The Labute approximate surface area is 497 Å². The third-order valence-corrected chi connectivity index (χ3v) is 15.7. The average molecular weight is 1200 g/mol. The number of nitrogens with zero attached hydrogens (tertiary/aromatic N) is 2. The molecule has 2 saturated carbocycles. The van der Waals surface area contributed by atoms with Crippen LogP contribution in [0.3, 0.4) is 0 Å². The number of unbranched alkanes of at least 4 members (excludes halogenated alkanes) is 6. The molecule has 1 N–H and O–H groups in total. The van der Waals surface area contributed by atoms with Crippen LogP contribution < -0.4 is 24.3 Å². The zero-order valence-electron chi connectivity index (χ0n) is 47.6. The largest absolute Gasteiger partial charge is 0.494 e. The summed E-state index contributed by atoms with van der Waals surface area (Å²) >= 11 is 1.38. The number of benzene rings is 4. The molecule has 2 aliphatic carbocycles. The number of carbonyl (C=O) groups is 6. The smallest absolute Gasteiger partial charge is 0.389 e. The van der Waals surface area contributed by atoms with Crippen molar-refractivity contribution in [3.8, 4) is 23.0 Å². The molecule has 1 atom stereocenters. The Balaban J connectivity index is 0.913. The molecule has 1 unspecified atom stereocenters. The van der Waals surface area contributed by atoms with Crippen LogP contribution in [0.25, 0.3) is 0 Å². The minimum Gasteiger partial charge on any atom is -0.494 e. The molecule has 3 aliphatic rings. The summed E-state index contributed by atoms with van der Waals surface area (Å²) in [4.78, 5) is 77.4. The van der Waals surface area contributed by atoms with Crippen molar-refractivity contribution in [2.45, 2.75) is 144 Å². The Kier molecular flexibility index (Phi) is 25.6. The molecule has 4 aromatic rings. The molecule has 21 heteroatoms. The van der Waals surface area contributed by atoms with Crippen LogP contribution in [0, 0.1) is 11.8 Å². The minimum atomic E-state index is -4.38. The van der Waals surface area contributed by atoms with Gasteiger partial charge in [-0.25, -0.2) is 19.2 Å². The number of thioether (sulfide) groups is 1. The fraction of sp³-hybridized carbons (Fsp3) is 0.453. The van der Waals surface area contributed by atoms with Gasteiger partial charge in [-0.1, -0.05) is 37.1 Å². The lowest BCUT2D eigenvalue weighted by atomic mass is 9.87. The molecule has 4 aromatic carbocycles. The second kappa shape index (κ2) is 33.6. The highest BCUT2D eigenvalue weighted by Crippen LogP contribution is 2.40. The van der Waals surface area contributed by atoms with E-state index in [-0.39, 0.29) is 29.8 Å². The van der Waals surface area contributed by atoms with Crippen molar-refractivity contribution in [1.82, 2.24) is 5.01 Å². The van der Waals surface area contributed by atoms with Gasteiger partial charge in [0.15, 0.2) is 5.50 Å². The van der Waals surface area contributed by atoms with Crippen LogP contribution in [0.5, 0.6) is 23.0 Å². The Hall–Kier alpha value is -7.81. The van der Waals surface area contributed by atoms with E-state index in [1.54, 1.807) is 48.5 Å². The summed E-state index contributed by atoms with van der Waals surface area (Å²) in [5.41, 5.74) is 0.848. The molecule has 17 nitrogen and oxygen atoms in total. The third-order valence-electron chi connectivity index (χ3n) is 14.5. The predicted molar refractivity (Wildman–Crippen MR) is 312 cm³/mol. The van der Waals surface area contributed by atoms with Crippen LogP contribution >= 0.6 is 11.8 Å². The topological polar surface area (TPSA) is 204 Å². The van der Waals surface area contributed by atoms with E-state index in [4.69, 9.17) is 37.9 Å². The van der Waals surface area contributed by atoms with E-state index in [9.17, 15) is 41.9 Å². The molecule has 2 fully saturated rings. The average Bonchev–Trinajstić information content (AvgIpc) is 4.20. The number of carbonyl (C=O) groups excluding carboxylic acids is 6. The first-order valence-corrected chi connectivity index (χ1v) is 29.9. The van der Waals surface area contributed by atoms with Gasteiger partial charge in [0.05, 0.1) is 61.3 Å². The van der Waals surface area contributed by atoms with Gasteiger partial charge in [-0.2, -0.15) is 18.3 Å². The molecule has 0 bridgehead atoms. The molecule has 0 aromatic heterocycles. The number of esters is 6. The summed E-state index contributed by atoms with van der Waals surface area (Å²) in [5, 5.41) is 9.45. The van der Waals surface area contributed by atoms with Crippen molar-refractivity contribution < 1.29 is 79.8 Å². The molecule has 1 heterocycles. The SMILES string of the molecule is C=CC(=O)OCCCCCCOc1ccc(OC(=O)C2CCC(OC(=O)c3ccc(OC(=O)C4CCC(OC(=O)c5ccc(OCCCCCCOC(=O)C=C)cc5)CC4)cc3/C=N/N(CCCC(F)(F)F)C3Nc4ccccc4S3)CC2)cc1. The Bertz CT molecular complexity index is 2860. The maximum Gasteiger partial charge on any atom is 0.389 e. The molecule has 0 radical (unpaired) electrons. The maximum atomic E-state index is 14.1. The normalized spacial score (nSPS) is 18.2. The fourth-order valence-corrected chi connectivity index (χ4v) is 10.9. The quantitative estimate of drug-likeness (QED) is 0.00918. The van der Waals surface area contributed by atoms with E-state index in [1.807, 2.05) is 24.3 Å². The molecule has 0 spiro atoms. The second-order valence-corrected chi connectivity index (χ2v) is 22.0. The second-order valence-electron chi connectivity index (χ2n) is 20.9. The van der Waals surface area contributed by atoms with Crippen molar-refractivity contribution in [3.63, 3.8) is 0 Å². The molecule has 85 heavy (non-hydrogen) atoms. The minimum absolute atomic E-state index is 0.0743. The van der Waals surface area contributed by atoms with Crippen LogP contribution in [-0.4, -0.2) is 104 Å². The van der Waals surface area contributed by atoms with E-state index in [2.05, 4.69) is 23.6 Å². The van der Waals surface area contributed by atoms with Crippen LogP contribution in [0.15, 0.2) is 126 Å². The highest BCUT2D eigenvalue weighted by molar-refractivity contribution is 8.00. The molecule has 1 aliphatic heterocycles. The van der Waals surface area contributed by atoms with Crippen molar-refractivity contribution in [2.24, 2.45) is 16.9 Å². The van der Waals surface area contributed by atoms with Crippen molar-refractivity contribution in [2.75, 3.05) is 38.3 Å². The van der Waals surface area contributed by atoms with E-state index >= 15 is 0 Å². The molecular formula is C64H74F3N3O14S. The number of hydrazone groups is 1. The van der Waals surface area contributed by atoms with Gasteiger partial charge in [0.25, 0.3) is 0 Å². The molecule has 0 saturated heterocycles. The van der Waals surface area contributed by atoms with Crippen LogP contribution in [0.4, 0.5) is 18.9 Å². The number of halogens is 3. The number of para-hydroxylation sites is 1. The predicted octanol–water partition coefficient (Wildman–Crippen LogP) is 13.1. The van der Waals surface area contributed by atoms with E-state index in [0.29, 0.717) is 101 Å². The molecule has 0 amide bonds. The molecular weight excluding hydrogens is 1120 g/mol. The first-order valence-electron chi connectivity index (χ1n) is 29.1. The van der Waals surface area contributed by atoms with E-state index in [1.165, 1.54) is 41.2 Å². The number of hydrogen-bond acceptors (Lipinski definition) is 18. The third kappa shape index (κ3) is 22.0. The number of fused-ring (bicyclic) bond motifs is 1. The Morgan fingerprint density at radius 2 is 1.08 bits per heavy atom. The summed E-state index contributed by atoms with van der Waals surface area (Å²) in [7, 11) is 0. The number of ether oxygens (including phenoxy) is 8. The summed E-state index contributed by atoms with van der Waals surface area (Å²) in [6.45, 7) is 8.37. The summed E-state index contributed by atoms with van der Waals surface area (Å²) in [5.74, 6) is -2.21. The van der Waals surface area contributed by atoms with Crippen LogP contribution in [-0.2, 0) is 38.1 Å². The number of nitrogens with one attached hydrogen (secondary N) is 1. The van der Waals surface area contributed by atoms with Crippen molar-refractivity contribution in [1.29, 1.82) is 0 Å². The van der Waals surface area contributed by atoms with Gasteiger partial charge >= 0.3 is 42.0 Å². The standard InChI is InChI=1S/C64H74F3N3O14S/c1-3-57(71)79-40-13-7-5-11-38-77-48-24-18-44(19-25-48)59(73)81-50-26-20-46(21-27-50)61(75)84-53-34-35-54(47(42-53)43-68-70(37-15-36-64(65,66)67)63-69-55-16-9-10-17-56(55)85-63)62(76)83-51-28-22-45(23-29-51)60(74)82-52-32-30-49(31-33-52)78-39-12-6-8-14-41-80-58(72)4-2/h3-4,9-10,16-19,24-25,30-35,42-43,45-46,50-51,63,69H,1-2,5-8,11-15,20-23,26-29,36-41H2/b68-43+. The van der Waals surface area contributed by atoms with Gasteiger partial charge in [0.2, 0.25) is 0 Å². The Morgan fingerprint density at radius 1 is 0.588 bits per heavy atom. The lowest BCUT2D eigenvalue weighted by molar-refractivity contribution is -0.141. The fourth-order valence-electron chi connectivity index (χ4n) is 9.73. The number of rotatable bonds is 32. The monoisotopic (exact) mass is 1200 g/mol. The molecule has 7 rings (SSSR count). The van der Waals surface area contributed by atoms with Gasteiger partial charge in [0.1, 0.15) is 35.2 Å². The number of alkyl halides is 3. The summed E-state index contributed by atoms with van der Waals surface area (Å²) in [6.07, 6.45) is 6.90. The number of anilines is 1. The van der Waals surface area contributed by atoms with E-state index in [0.717, 1.165) is 74.1 Å². The summed E-state index contributed by atoms with van der Waals surface area (Å²) in [6, 6.07) is 25.3. The van der Waals surface area contributed by atoms with Gasteiger partial charge < -0.3 is 43.2 Å². The zero-order valence-corrected chi connectivity index (χ0v) is 48.4. The first-order chi connectivity index (χ1) is 41.1. The maximum absolute atomic E-state index is 14.1. The van der Waals surface area contributed by atoms with Gasteiger partial charge in [-0.15, -0.1) is 0 Å². The van der Waals surface area contributed by atoms with Crippen LogP contribution in [0.2, 0.25) is 0 Å². The zero-order chi connectivity index (χ0) is 60.4. The molecule has 456 valence electrons. The lowest BCUT2D eigenvalue weighted by Crippen LogP contribution is -2.33. The van der Waals surface area contributed by atoms with Gasteiger partial charge in [-0.3, -0.25) is 14.6 Å².